The van der Waals surface area contributed by atoms with Gasteiger partial charge >= 0.3 is 0 Å². The third kappa shape index (κ3) is 3.36. The topological polar surface area (TPSA) is 64.4 Å². The molecule has 3 aromatic carbocycles. The molecule has 4 rings (SSSR count). The SMILES string of the molecule is COc1ccc2c(c1)[C@H](c1ccccc1)C[C@H](c1cccc([N+](=O)[O-])c1)N2. The van der Waals surface area contributed by atoms with E-state index >= 15 is 0 Å². The number of nitrogens with zero attached hydrogens (tertiary/aromatic N) is 1. The van der Waals surface area contributed by atoms with Crippen molar-refractivity contribution in [3.63, 3.8) is 0 Å². The molecule has 0 bridgehead atoms. The van der Waals surface area contributed by atoms with Crippen LogP contribution in [0.15, 0.2) is 72.8 Å². The highest BCUT2D eigenvalue weighted by Crippen LogP contribution is 2.45. The summed E-state index contributed by atoms with van der Waals surface area (Å²) < 4.78 is 5.42. The zero-order valence-corrected chi connectivity index (χ0v) is 15.0. The molecule has 136 valence electrons. The average molecular weight is 360 g/mol. The molecule has 1 N–H and O–H groups in total. The van der Waals surface area contributed by atoms with E-state index in [1.807, 2.05) is 36.4 Å². The monoisotopic (exact) mass is 360 g/mol. The van der Waals surface area contributed by atoms with E-state index in [0.717, 1.165) is 23.4 Å². The standard InChI is InChI=1S/C22H20N2O3/c1-27-18-10-11-21-20(13-18)19(15-6-3-2-4-7-15)14-22(23-21)16-8-5-9-17(12-16)24(25)26/h2-13,19,22-23H,14H2,1H3/t19-,22+/m0/s1. The zero-order valence-electron chi connectivity index (χ0n) is 15.0. The molecule has 0 fully saturated rings. The van der Waals surface area contributed by atoms with Crippen molar-refractivity contribution in [3.05, 3.63) is 99.6 Å². The van der Waals surface area contributed by atoms with Crippen LogP contribution in [0.1, 0.15) is 35.1 Å². The van der Waals surface area contributed by atoms with E-state index in [2.05, 4.69) is 23.5 Å². The normalized spacial score (nSPS) is 18.3. The molecule has 5 heteroatoms. The van der Waals surface area contributed by atoms with Crippen LogP contribution < -0.4 is 10.1 Å². The fourth-order valence-electron chi connectivity index (χ4n) is 3.77. The fraction of sp³-hybridized carbons (Fsp3) is 0.182. The Hall–Kier alpha value is -3.34. The van der Waals surface area contributed by atoms with Crippen LogP contribution in [0.25, 0.3) is 0 Å². The Morgan fingerprint density at radius 1 is 1.00 bits per heavy atom. The van der Waals surface area contributed by atoms with Crippen molar-refractivity contribution in [1.29, 1.82) is 0 Å². The first-order chi connectivity index (χ1) is 13.2. The summed E-state index contributed by atoms with van der Waals surface area (Å²) in [5, 5.41) is 14.7. The van der Waals surface area contributed by atoms with E-state index in [9.17, 15) is 10.1 Å². The van der Waals surface area contributed by atoms with E-state index in [1.54, 1.807) is 19.2 Å². The van der Waals surface area contributed by atoms with Gasteiger partial charge in [0.2, 0.25) is 0 Å². The molecule has 0 saturated heterocycles. The predicted octanol–water partition coefficient (Wildman–Crippen LogP) is 5.29. The van der Waals surface area contributed by atoms with E-state index in [0.29, 0.717) is 0 Å². The number of fused-ring (bicyclic) bond motifs is 1. The summed E-state index contributed by atoms with van der Waals surface area (Å²) in [6, 6.07) is 23.3. The van der Waals surface area contributed by atoms with E-state index in [4.69, 9.17) is 4.74 Å². The Kier molecular flexibility index (Phi) is 4.50. The number of nitrogens with one attached hydrogen (secondary N) is 1. The molecular formula is C22H20N2O3. The summed E-state index contributed by atoms with van der Waals surface area (Å²) >= 11 is 0. The minimum atomic E-state index is -0.347. The number of nitro benzene ring substituents is 1. The Morgan fingerprint density at radius 3 is 2.52 bits per heavy atom. The van der Waals surface area contributed by atoms with Crippen LogP contribution in [0.5, 0.6) is 5.75 Å². The van der Waals surface area contributed by atoms with E-state index < -0.39 is 0 Å². The van der Waals surface area contributed by atoms with Crippen molar-refractivity contribution in [2.45, 2.75) is 18.4 Å². The number of hydrogen-bond acceptors (Lipinski definition) is 4. The largest absolute Gasteiger partial charge is 0.497 e. The van der Waals surface area contributed by atoms with Gasteiger partial charge in [0.1, 0.15) is 5.75 Å². The Bertz CT molecular complexity index is 972. The molecule has 1 aliphatic heterocycles. The zero-order chi connectivity index (χ0) is 18.8. The molecule has 0 aromatic heterocycles. The van der Waals surface area contributed by atoms with Gasteiger partial charge in [-0.3, -0.25) is 10.1 Å². The molecule has 2 atom stereocenters. The van der Waals surface area contributed by atoms with Crippen LogP contribution in [0.4, 0.5) is 11.4 Å². The summed E-state index contributed by atoms with van der Waals surface area (Å²) in [7, 11) is 1.67. The maximum atomic E-state index is 11.2. The average Bonchev–Trinajstić information content (AvgIpc) is 2.73. The molecule has 3 aromatic rings. The van der Waals surface area contributed by atoms with Crippen molar-refractivity contribution in [1.82, 2.24) is 0 Å². The summed E-state index contributed by atoms with van der Waals surface area (Å²) in [6.07, 6.45) is 0.811. The minimum absolute atomic E-state index is 0.00370. The van der Waals surface area contributed by atoms with Crippen molar-refractivity contribution >= 4 is 11.4 Å². The van der Waals surface area contributed by atoms with E-state index in [1.165, 1.54) is 17.2 Å². The maximum Gasteiger partial charge on any atom is 0.269 e. The van der Waals surface area contributed by atoms with Gasteiger partial charge in [-0.2, -0.15) is 0 Å². The van der Waals surface area contributed by atoms with E-state index in [-0.39, 0.29) is 22.6 Å². The van der Waals surface area contributed by atoms with Crippen LogP contribution in [-0.2, 0) is 0 Å². The van der Waals surface area contributed by atoms with Crippen LogP contribution in [0.3, 0.4) is 0 Å². The number of non-ortho nitro benzene ring substituents is 1. The Balaban J connectivity index is 1.77. The molecule has 0 amide bonds. The van der Waals surface area contributed by atoms with Crippen LogP contribution in [-0.4, -0.2) is 12.0 Å². The van der Waals surface area contributed by atoms with Crippen LogP contribution in [0, 0.1) is 10.1 Å². The van der Waals surface area contributed by atoms with Gasteiger partial charge in [-0.25, -0.2) is 0 Å². The van der Waals surface area contributed by atoms with Crippen molar-refractivity contribution < 1.29 is 9.66 Å². The first-order valence-corrected chi connectivity index (χ1v) is 8.89. The highest BCUT2D eigenvalue weighted by Gasteiger charge is 2.29. The first-order valence-electron chi connectivity index (χ1n) is 8.89. The number of benzene rings is 3. The van der Waals surface area contributed by atoms with Crippen molar-refractivity contribution in [2.75, 3.05) is 12.4 Å². The van der Waals surface area contributed by atoms with Crippen molar-refractivity contribution in [2.24, 2.45) is 0 Å². The van der Waals surface area contributed by atoms with Gasteiger partial charge in [0.25, 0.3) is 5.69 Å². The molecule has 0 unspecified atom stereocenters. The second-order valence-electron chi connectivity index (χ2n) is 6.70. The molecule has 1 heterocycles. The number of anilines is 1. The number of ether oxygens (including phenoxy) is 1. The Labute approximate surface area is 157 Å². The van der Waals surface area contributed by atoms with Gasteiger partial charge in [0.05, 0.1) is 18.1 Å². The molecule has 1 aliphatic rings. The molecule has 0 saturated carbocycles. The number of nitro groups is 1. The lowest BCUT2D eigenvalue weighted by atomic mass is 9.80. The molecule has 27 heavy (non-hydrogen) atoms. The lowest BCUT2D eigenvalue weighted by molar-refractivity contribution is -0.384. The fourth-order valence-corrected chi connectivity index (χ4v) is 3.77. The van der Waals surface area contributed by atoms with Gasteiger partial charge in [0.15, 0.2) is 0 Å². The second kappa shape index (κ2) is 7.11. The minimum Gasteiger partial charge on any atom is -0.497 e. The molecule has 0 spiro atoms. The third-order valence-corrected chi connectivity index (χ3v) is 5.12. The maximum absolute atomic E-state index is 11.2. The van der Waals surface area contributed by atoms with Gasteiger partial charge in [-0.05, 0) is 41.3 Å². The first kappa shape index (κ1) is 17.1. The summed E-state index contributed by atoms with van der Waals surface area (Å²) in [5.74, 6) is 1.01. The predicted molar refractivity (Wildman–Crippen MR) is 105 cm³/mol. The highest BCUT2D eigenvalue weighted by molar-refractivity contribution is 5.61. The van der Waals surface area contributed by atoms with Gasteiger partial charge < -0.3 is 10.1 Å². The van der Waals surface area contributed by atoms with Crippen LogP contribution in [0.2, 0.25) is 0 Å². The Morgan fingerprint density at radius 2 is 1.78 bits per heavy atom. The summed E-state index contributed by atoms with van der Waals surface area (Å²) in [4.78, 5) is 10.8. The highest BCUT2D eigenvalue weighted by atomic mass is 16.6. The van der Waals surface area contributed by atoms with Crippen molar-refractivity contribution in [3.8, 4) is 5.75 Å². The number of hydrogen-bond donors (Lipinski definition) is 1. The molecular weight excluding hydrogens is 340 g/mol. The molecule has 0 aliphatic carbocycles. The van der Waals surface area contributed by atoms with Gasteiger partial charge in [-0.1, -0.05) is 42.5 Å². The number of methoxy groups -OCH3 is 1. The second-order valence-corrected chi connectivity index (χ2v) is 6.70. The van der Waals surface area contributed by atoms with Gasteiger partial charge in [0, 0.05) is 23.7 Å². The third-order valence-electron chi connectivity index (χ3n) is 5.12. The molecule has 5 nitrogen and oxygen atoms in total. The number of rotatable bonds is 4. The smallest absolute Gasteiger partial charge is 0.269 e. The van der Waals surface area contributed by atoms with Crippen LogP contribution >= 0.6 is 0 Å². The van der Waals surface area contributed by atoms with Gasteiger partial charge in [-0.15, -0.1) is 0 Å². The quantitative estimate of drug-likeness (QED) is 0.507. The summed E-state index contributed by atoms with van der Waals surface area (Å²) in [5.41, 5.74) is 4.48. The molecule has 0 radical (unpaired) electrons. The lowest BCUT2D eigenvalue weighted by Crippen LogP contribution is -2.22. The summed E-state index contributed by atoms with van der Waals surface area (Å²) in [6.45, 7) is 0. The lowest BCUT2D eigenvalue weighted by Gasteiger charge is -2.34.